The summed E-state index contributed by atoms with van der Waals surface area (Å²) >= 11 is 7.96. The van der Waals surface area contributed by atoms with Crippen molar-refractivity contribution in [3.8, 4) is 10.4 Å². The van der Waals surface area contributed by atoms with Gasteiger partial charge in [0.25, 0.3) is 10.4 Å². The topological polar surface area (TPSA) is 61.3 Å². The highest BCUT2D eigenvalue weighted by molar-refractivity contribution is 7.80. The van der Waals surface area contributed by atoms with Crippen molar-refractivity contribution >= 4 is 66.3 Å². The largest absolute Gasteiger partial charge is 0.423 e. The van der Waals surface area contributed by atoms with Crippen molar-refractivity contribution in [2.24, 2.45) is 0 Å². The number of rotatable bonds is 5. The van der Waals surface area contributed by atoms with Crippen molar-refractivity contribution in [2.45, 2.75) is 12.8 Å². The van der Waals surface area contributed by atoms with Gasteiger partial charge in [-0.3, -0.25) is 4.79 Å². The van der Waals surface area contributed by atoms with E-state index >= 15 is 0 Å². The highest BCUT2D eigenvalue weighted by atomic mass is 32.1. The molecule has 0 saturated carbocycles. The second kappa shape index (κ2) is 7.45. The van der Waals surface area contributed by atoms with Crippen LogP contribution >= 0.6 is 34.9 Å². The molecule has 0 saturated heterocycles. The second-order valence-electron chi connectivity index (χ2n) is 5.34. The number of thiocarbonyl (C=S) groups is 1. The third-order valence-electron chi connectivity index (χ3n) is 3.48. The molecule has 0 aliphatic heterocycles. The van der Waals surface area contributed by atoms with E-state index in [2.05, 4.69) is 9.97 Å². The number of aromatic nitrogens is 2. The lowest BCUT2D eigenvalue weighted by atomic mass is 10.3. The Kier molecular flexibility index (Phi) is 4.87. The fourth-order valence-electron chi connectivity index (χ4n) is 2.29. The molecule has 26 heavy (non-hydrogen) atoms. The molecular formula is C18H12N2O3S3. The van der Waals surface area contributed by atoms with Crippen LogP contribution in [0.2, 0.25) is 0 Å². The Hall–Kier alpha value is -2.42. The Bertz CT molecular complexity index is 949. The van der Waals surface area contributed by atoms with Crippen LogP contribution in [0.3, 0.4) is 0 Å². The fraction of sp³-hybridized carbons (Fsp3) is 0.111. The summed E-state index contributed by atoms with van der Waals surface area (Å²) in [6.07, 6.45) is 0.411. The summed E-state index contributed by atoms with van der Waals surface area (Å²) in [6, 6.07) is 15.4. The monoisotopic (exact) mass is 400 g/mol. The fourth-order valence-corrected chi connectivity index (χ4v) is 4.19. The molecule has 0 aliphatic rings. The number of hydrogen-bond acceptors (Lipinski definition) is 8. The number of benzene rings is 2. The molecule has 0 atom stereocenters. The summed E-state index contributed by atoms with van der Waals surface area (Å²) in [7, 11) is 0. The molecule has 4 rings (SSSR count). The van der Waals surface area contributed by atoms with Crippen molar-refractivity contribution < 1.29 is 14.3 Å². The van der Waals surface area contributed by atoms with Gasteiger partial charge in [0, 0.05) is 6.42 Å². The molecule has 2 heterocycles. The van der Waals surface area contributed by atoms with Crippen molar-refractivity contribution in [1.82, 2.24) is 9.97 Å². The Balaban J connectivity index is 1.31. The summed E-state index contributed by atoms with van der Waals surface area (Å²) in [6.45, 7) is 0. The molecule has 0 fully saturated rings. The van der Waals surface area contributed by atoms with E-state index in [9.17, 15) is 4.79 Å². The SMILES string of the molecule is O=C(CCC(=S)Oc1nc2ccccc2s1)Oc1nc2ccccc2s1. The minimum absolute atomic E-state index is 0.125. The lowest BCUT2D eigenvalue weighted by Crippen LogP contribution is -2.12. The van der Waals surface area contributed by atoms with Crippen LogP contribution < -0.4 is 9.47 Å². The van der Waals surface area contributed by atoms with Crippen LogP contribution in [0.4, 0.5) is 0 Å². The van der Waals surface area contributed by atoms with Gasteiger partial charge in [0.15, 0.2) is 5.05 Å². The first-order chi connectivity index (χ1) is 12.7. The van der Waals surface area contributed by atoms with Gasteiger partial charge in [0.2, 0.25) is 0 Å². The molecule has 0 N–H and O–H groups in total. The Morgan fingerprint density at radius 2 is 1.38 bits per heavy atom. The summed E-state index contributed by atoms with van der Waals surface area (Å²) in [4.78, 5) is 20.6. The van der Waals surface area contributed by atoms with Crippen LogP contribution in [0, 0.1) is 0 Å². The van der Waals surface area contributed by atoms with Crippen LogP contribution in [0.15, 0.2) is 48.5 Å². The van der Waals surface area contributed by atoms with Gasteiger partial charge in [-0.2, -0.15) is 0 Å². The molecule has 0 aliphatic carbocycles. The van der Waals surface area contributed by atoms with Gasteiger partial charge in [-0.25, -0.2) is 9.97 Å². The van der Waals surface area contributed by atoms with E-state index in [0.717, 1.165) is 20.4 Å². The lowest BCUT2D eigenvalue weighted by Gasteiger charge is -2.03. The number of para-hydroxylation sites is 2. The van der Waals surface area contributed by atoms with Crippen molar-refractivity contribution in [3.05, 3.63) is 48.5 Å². The highest BCUT2D eigenvalue weighted by Crippen LogP contribution is 2.29. The van der Waals surface area contributed by atoms with Crippen LogP contribution in [0.25, 0.3) is 20.4 Å². The normalized spacial score (nSPS) is 10.9. The lowest BCUT2D eigenvalue weighted by molar-refractivity contribution is -0.134. The summed E-state index contributed by atoms with van der Waals surface area (Å²) in [5, 5.41) is 1.13. The number of carbonyl (C=O) groups is 1. The first kappa shape index (κ1) is 17.0. The Labute approximate surface area is 162 Å². The highest BCUT2D eigenvalue weighted by Gasteiger charge is 2.13. The third-order valence-corrected chi connectivity index (χ3v) is 5.60. The molecule has 4 aromatic rings. The molecule has 0 radical (unpaired) electrons. The maximum atomic E-state index is 12.0. The van der Waals surface area contributed by atoms with Gasteiger partial charge >= 0.3 is 5.97 Å². The average Bonchev–Trinajstić information content (AvgIpc) is 3.22. The number of carbonyl (C=O) groups excluding carboxylic acids is 1. The number of fused-ring (bicyclic) bond motifs is 2. The molecule has 2 aromatic heterocycles. The minimum atomic E-state index is -0.390. The van der Waals surface area contributed by atoms with E-state index in [1.807, 2.05) is 48.5 Å². The Morgan fingerprint density at radius 1 is 0.846 bits per heavy atom. The van der Waals surface area contributed by atoms with Gasteiger partial charge in [-0.15, -0.1) is 0 Å². The molecule has 0 unspecified atom stereocenters. The van der Waals surface area contributed by atoms with E-state index in [1.54, 1.807) is 0 Å². The smallest absolute Gasteiger partial charge is 0.313 e. The molecular weight excluding hydrogens is 388 g/mol. The van der Waals surface area contributed by atoms with Crippen LogP contribution in [-0.4, -0.2) is 21.0 Å². The zero-order valence-corrected chi connectivity index (χ0v) is 15.8. The minimum Gasteiger partial charge on any atom is -0.423 e. The van der Waals surface area contributed by atoms with Gasteiger partial charge < -0.3 is 9.47 Å². The van der Waals surface area contributed by atoms with Gasteiger partial charge in [-0.1, -0.05) is 46.9 Å². The number of thiazole rings is 2. The quantitative estimate of drug-likeness (QED) is 0.347. The maximum absolute atomic E-state index is 12.0. The Morgan fingerprint density at radius 3 is 1.96 bits per heavy atom. The molecule has 0 spiro atoms. The van der Waals surface area contributed by atoms with Crippen LogP contribution in [0.1, 0.15) is 12.8 Å². The predicted octanol–water partition coefficient (Wildman–Crippen LogP) is 5.00. The van der Waals surface area contributed by atoms with Crippen molar-refractivity contribution in [3.63, 3.8) is 0 Å². The number of hydrogen-bond donors (Lipinski definition) is 0. The number of ether oxygens (including phenoxy) is 2. The third kappa shape index (κ3) is 3.87. The van der Waals surface area contributed by atoms with E-state index in [0.29, 0.717) is 15.4 Å². The average molecular weight is 401 g/mol. The van der Waals surface area contributed by atoms with E-state index in [4.69, 9.17) is 21.7 Å². The van der Waals surface area contributed by atoms with Gasteiger partial charge in [0.1, 0.15) is 0 Å². The molecule has 0 amide bonds. The molecule has 130 valence electrons. The van der Waals surface area contributed by atoms with Gasteiger partial charge in [-0.05, 0) is 36.5 Å². The summed E-state index contributed by atoms with van der Waals surface area (Å²) in [5.74, 6) is -0.390. The first-order valence-electron chi connectivity index (χ1n) is 7.80. The molecule has 0 bridgehead atoms. The van der Waals surface area contributed by atoms with Crippen molar-refractivity contribution in [1.29, 1.82) is 0 Å². The summed E-state index contributed by atoms with van der Waals surface area (Å²) < 4.78 is 12.9. The van der Waals surface area contributed by atoms with Crippen LogP contribution in [-0.2, 0) is 4.79 Å². The zero-order chi connectivity index (χ0) is 17.9. The first-order valence-corrected chi connectivity index (χ1v) is 9.84. The van der Waals surface area contributed by atoms with E-state index < -0.39 is 0 Å². The second-order valence-corrected chi connectivity index (χ2v) is 7.78. The molecule has 8 heteroatoms. The van der Waals surface area contributed by atoms with Crippen molar-refractivity contribution in [2.75, 3.05) is 0 Å². The van der Waals surface area contributed by atoms with E-state index in [1.165, 1.54) is 22.7 Å². The standard InChI is InChI=1S/C18H12N2O3S3/c21-15(22-17-19-11-5-1-3-7-13(11)25-17)9-10-16(24)23-18-20-12-6-2-4-8-14(12)26-18/h1-8H,9-10H2. The van der Waals surface area contributed by atoms with E-state index in [-0.39, 0.29) is 18.8 Å². The zero-order valence-electron chi connectivity index (χ0n) is 13.4. The number of esters is 1. The number of nitrogens with zero attached hydrogens (tertiary/aromatic N) is 2. The van der Waals surface area contributed by atoms with Gasteiger partial charge in [0.05, 0.1) is 26.9 Å². The summed E-state index contributed by atoms with van der Waals surface area (Å²) in [5.41, 5.74) is 1.68. The molecule has 2 aromatic carbocycles. The molecule has 5 nitrogen and oxygen atoms in total. The van der Waals surface area contributed by atoms with Crippen LogP contribution in [0.5, 0.6) is 10.4 Å². The predicted molar refractivity (Wildman–Crippen MR) is 107 cm³/mol. The maximum Gasteiger partial charge on any atom is 0.313 e.